The van der Waals surface area contributed by atoms with E-state index in [1.807, 2.05) is 0 Å². The minimum Gasteiger partial charge on any atom is -0.310 e. The molecule has 0 radical (unpaired) electrons. The molecule has 0 saturated heterocycles. The fourth-order valence-electron chi connectivity index (χ4n) is 10.3. The van der Waals surface area contributed by atoms with E-state index in [1.54, 1.807) is 0 Å². The highest BCUT2D eigenvalue weighted by atomic mass is 15.1. The summed E-state index contributed by atoms with van der Waals surface area (Å²) in [6.07, 6.45) is 0. The molecule has 0 unspecified atom stereocenters. The predicted molar refractivity (Wildman–Crippen MR) is 277 cm³/mol. The van der Waals surface area contributed by atoms with Gasteiger partial charge in [-0.05, 0) is 138 Å². The molecule has 0 amide bonds. The molecule has 11 aromatic rings. The fraction of sp³-hybridized carbons (Fsp3) is 0.0476. The first-order valence-electron chi connectivity index (χ1n) is 22.6. The molecular weight excluding hydrogens is 785 g/mol. The number of hydrogen-bond donors (Lipinski definition) is 0. The lowest BCUT2D eigenvalue weighted by atomic mass is 9.82. The van der Waals surface area contributed by atoms with Crippen LogP contribution in [-0.2, 0) is 5.41 Å². The standard InChI is InChI=1S/C63H46N2/c1-63(2)59-26-13-12-25-57(59)58-37-36-55(42-60(58)63)64(53-34-29-43-15-6-8-20-48(43)40-53)52-23-14-22-50(39-52)45-27-32-51(33-28-45)65(54-35-30-44-16-7-9-21-49(44)41-54)61-38-31-46-17-10-11-24-56(46)62(61)47-18-4-3-5-19-47/h3-42H,1-2H3. The zero-order valence-electron chi connectivity index (χ0n) is 36.5. The maximum absolute atomic E-state index is 2.43. The Hall–Kier alpha value is -8.20. The van der Waals surface area contributed by atoms with Gasteiger partial charge in [0.2, 0.25) is 0 Å². The highest BCUT2D eigenvalue weighted by Crippen LogP contribution is 2.51. The zero-order valence-corrected chi connectivity index (χ0v) is 36.5. The zero-order chi connectivity index (χ0) is 43.5. The minimum atomic E-state index is -0.115. The molecular formula is C63H46N2. The first kappa shape index (κ1) is 38.5. The molecule has 0 aromatic heterocycles. The molecule has 0 bridgehead atoms. The number of anilines is 6. The number of nitrogens with zero attached hydrogens (tertiary/aromatic N) is 2. The summed E-state index contributed by atoms with van der Waals surface area (Å²) in [5.74, 6) is 0. The first-order valence-corrected chi connectivity index (χ1v) is 22.6. The Labute approximate surface area is 380 Å². The highest BCUT2D eigenvalue weighted by molar-refractivity contribution is 6.06. The van der Waals surface area contributed by atoms with E-state index in [4.69, 9.17) is 0 Å². The second kappa shape index (κ2) is 15.6. The summed E-state index contributed by atoms with van der Waals surface area (Å²) in [5.41, 5.74) is 16.7. The van der Waals surface area contributed by atoms with Crippen LogP contribution in [0.1, 0.15) is 25.0 Å². The maximum atomic E-state index is 2.43. The van der Waals surface area contributed by atoms with E-state index >= 15 is 0 Å². The van der Waals surface area contributed by atoms with Crippen LogP contribution in [0.2, 0.25) is 0 Å². The highest BCUT2D eigenvalue weighted by Gasteiger charge is 2.35. The van der Waals surface area contributed by atoms with Gasteiger partial charge in [0.05, 0.1) is 5.69 Å². The third-order valence-corrected chi connectivity index (χ3v) is 13.6. The smallest absolute Gasteiger partial charge is 0.0546 e. The van der Waals surface area contributed by atoms with Crippen molar-refractivity contribution in [1.29, 1.82) is 0 Å². The van der Waals surface area contributed by atoms with E-state index < -0.39 is 0 Å². The third kappa shape index (κ3) is 6.65. The molecule has 2 heteroatoms. The topological polar surface area (TPSA) is 6.48 Å². The second-order valence-electron chi connectivity index (χ2n) is 17.8. The minimum absolute atomic E-state index is 0.115. The van der Waals surface area contributed by atoms with Crippen molar-refractivity contribution in [2.45, 2.75) is 19.3 Å². The molecule has 11 aromatic carbocycles. The van der Waals surface area contributed by atoms with Gasteiger partial charge in [-0.25, -0.2) is 0 Å². The molecule has 12 rings (SSSR count). The average Bonchev–Trinajstić information content (AvgIpc) is 3.59. The normalized spacial score (nSPS) is 12.6. The van der Waals surface area contributed by atoms with Crippen LogP contribution in [0.5, 0.6) is 0 Å². The molecule has 0 atom stereocenters. The van der Waals surface area contributed by atoms with E-state index in [0.29, 0.717) is 0 Å². The number of hydrogen-bond acceptors (Lipinski definition) is 2. The first-order chi connectivity index (χ1) is 32.0. The van der Waals surface area contributed by atoms with Crippen molar-refractivity contribution in [3.8, 4) is 33.4 Å². The van der Waals surface area contributed by atoms with Gasteiger partial charge in [-0.2, -0.15) is 0 Å². The molecule has 0 aliphatic heterocycles. The number of benzene rings is 11. The molecule has 308 valence electrons. The van der Waals surface area contributed by atoms with Crippen LogP contribution in [0.3, 0.4) is 0 Å². The molecule has 1 aliphatic rings. The summed E-state index contributed by atoms with van der Waals surface area (Å²) in [6, 6.07) is 89.0. The van der Waals surface area contributed by atoms with E-state index in [1.165, 1.54) is 65.7 Å². The second-order valence-corrected chi connectivity index (χ2v) is 17.8. The average molecular weight is 831 g/mol. The Balaban J connectivity index is 0.982. The Kier molecular flexibility index (Phi) is 9.21. The molecule has 65 heavy (non-hydrogen) atoms. The van der Waals surface area contributed by atoms with Crippen molar-refractivity contribution in [1.82, 2.24) is 0 Å². The number of fused-ring (bicyclic) bond motifs is 6. The van der Waals surface area contributed by atoms with Gasteiger partial charge >= 0.3 is 0 Å². The van der Waals surface area contributed by atoms with Gasteiger partial charge in [-0.15, -0.1) is 0 Å². The Morgan fingerprint density at radius 1 is 0.292 bits per heavy atom. The monoisotopic (exact) mass is 830 g/mol. The van der Waals surface area contributed by atoms with Crippen LogP contribution in [0.25, 0.3) is 65.7 Å². The lowest BCUT2D eigenvalue weighted by molar-refractivity contribution is 0.660. The van der Waals surface area contributed by atoms with Crippen molar-refractivity contribution in [3.05, 3.63) is 254 Å². The number of rotatable bonds is 8. The molecule has 0 N–H and O–H groups in total. The largest absolute Gasteiger partial charge is 0.310 e. The van der Waals surface area contributed by atoms with Gasteiger partial charge in [0.1, 0.15) is 0 Å². The fourth-order valence-corrected chi connectivity index (χ4v) is 10.3. The molecule has 0 saturated carbocycles. The molecule has 0 fully saturated rings. The Morgan fingerprint density at radius 3 is 1.55 bits per heavy atom. The summed E-state index contributed by atoms with van der Waals surface area (Å²) < 4.78 is 0. The van der Waals surface area contributed by atoms with E-state index in [-0.39, 0.29) is 5.41 Å². The lowest BCUT2D eigenvalue weighted by Crippen LogP contribution is -2.16. The van der Waals surface area contributed by atoms with E-state index in [0.717, 1.165) is 45.3 Å². The summed E-state index contributed by atoms with van der Waals surface area (Å²) in [6.45, 7) is 4.71. The third-order valence-electron chi connectivity index (χ3n) is 13.6. The predicted octanol–water partition coefficient (Wildman–Crippen LogP) is 17.7. The van der Waals surface area contributed by atoms with Gasteiger partial charge in [-0.1, -0.05) is 190 Å². The van der Waals surface area contributed by atoms with Crippen LogP contribution in [0.4, 0.5) is 34.1 Å². The van der Waals surface area contributed by atoms with Crippen LogP contribution in [0.15, 0.2) is 243 Å². The Bertz CT molecular complexity index is 3590. The maximum Gasteiger partial charge on any atom is 0.0546 e. The van der Waals surface area contributed by atoms with Gasteiger partial charge in [0.25, 0.3) is 0 Å². The van der Waals surface area contributed by atoms with Crippen molar-refractivity contribution in [2.75, 3.05) is 9.80 Å². The Morgan fingerprint density at radius 2 is 0.815 bits per heavy atom. The van der Waals surface area contributed by atoms with Crippen LogP contribution >= 0.6 is 0 Å². The van der Waals surface area contributed by atoms with E-state index in [9.17, 15) is 0 Å². The van der Waals surface area contributed by atoms with Crippen molar-refractivity contribution < 1.29 is 0 Å². The summed E-state index contributed by atoms with van der Waals surface area (Å²) in [7, 11) is 0. The van der Waals surface area contributed by atoms with Crippen LogP contribution < -0.4 is 9.80 Å². The van der Waals surface area contributed by atoms with Gasteiger partial charge in [0, 0.05) is 39.4 Å². The van der Waals surface area contributed by atoms with Crippen molar-refractivity contribution in [3.63, 3.8) is 0 Å². The van der Waals surface area contributed by atoms with Gasteiger partial charge in [0.15, 0.2) is 0 Å². The lowest BCUT2D eigenvalue weighted by Gasteiger charge is -2.29. The SMILES string of the molecule is CC1(C)c2ccccc2-c2ccc(N(c3cccc(-c4ccc(N(c5ccc6ccccc6c5)c5ccc6ccccc6c5-c5ccccc5)cc4)c3)c3ccc4ccccc4c3)cc21. The van der Waals surface area contributed by atoms with Crippen LogP contribution in [0, 0.1) is 0 Å². The molecule has 0 heterocycles. The summed E-state index contributed by atoms with van der Waals surface area (Å²) in [4.78, 5) is 4.85. The molecule has 2 nitrogen and oxygen atoms in total. The van der Waals surface area contributed by atoms with Crippen molar-refractivity contribution >= 4 is 66.4 Å². The van der Waals surface area contributed by atoms with Crippen LogP contribution in [-0.4, -0.2) is 0 Å². The quantitative estimate of drug-likeness (QED) is 0.151. The van der Waals surface area contributed by atoms with Gasteiger partial charge < -0.3 is 9.80 Å². The summed E-state index contributed by atoms with van der Waals surface area (Å²) in [5, 5.41) is 7.32. The van der Waals surface area contributed by atoms with Gasteiger partial charge in [-0.3, -0.25) is 0 Å². The summed E-state index contributed by atoms with van der Waals surface area (Å²) >= 11 is 0. The molecule has 1 aliphatic carbocycles. The van der Waals surface area contributed by atoms with E-state index in [2.05, 4.69) is 266 Å². The molecule has 0 spiro atoms. The van der Waals surface area contributed by atoms with Crippen molar-refractivity contribution in [2.24, 2.45) is 0 Å².